The van der Waals surface area contributed by atoms with E-state index in [1.165, 1.54) is 0 Å². The molecule has 0 aromatic carbocycles. The molecule has 3 fully saturated rings. The van der Waals surface area contributed by atoms with Crippen molar-refractivity contribution >= 4 is 12.2 Å². The highest BCUT2D eigenvalue weighted by atomic mass is 16.6. The fraction of sp³-hybridized carbons (Fsp3) is 0.900. The van der Waals surface area contributed by atoms with Crippen LogP contribution in [0.4, 0.5) is 9.59 Å². The third kappa shape index (κ3) is 5.06. The van der Waals surface area contributed by atoms with E-state index >= 15 is 0 Å². The van der Waals surface area contributed by atoms with E-state index in [2.05, 4.69) is 4.90 Å². The highest BCUT2D eigenvalue weighted by molar-refractivity contribution is 5.68. The summed E-state index contributed by atoms with van der Waals surface area (Å²) in [7, 11) is 0. The van der Waals surface area contributed by atoms with Gasteiger partial charge in [-0.05, 0) is 77.8 Å². The number of amides is 2. The first-order valence-corrected chi connectivity index (χ1v) is 10.4. The molecule has 3 saturated heterocycles. The lowest BCUT2D eigenvalue weighted by atomic mass is 9.72. The molecule has 0 saturated carbocycles. The van der Waals surface area contributed by atoms with Crippen LogP contribution >= 0.6 is 0 Å². The summed E-state index contributed by atoms with van der Waals surface area (Å²) in [6.07, 6.45) is 5.33. The molecule has 0 radical (unpaired) electrons. The maximum atomic E-state index is 12.2. The van der Waals surface area contributed by atoms with Crippen LogP contribution < -0.4 is 0 Å². The molecule has 0 aromatic heterocycles. The Hall–Kier alpha value is -1.50. The van der Waals surface area contributed by atoms with E-state index in [9.17, 15) is 14.7 Å². The normalized spacial score (nSPS) is 24.9. The Morgan fingerprint density at radius 1 is 0.963 bits per heavy atom. The molecule has 3 heterocycles. The van der Waals surface area contributed by atoms with Crippen LogP contribution in [-0.2, 0) is 4.74 Å². The summed E-state index contributed by atoms with van der Waals surface area (Å²) in [4.78, 5) is 29.6. The number of carboxylic acid groups (broad SMARTS) is 1. The first kappa shape index (κ1) is 20.2. The number of likely N-dealkylation sites (tertiary alicyclic amines) is 3. The zero-order valence-electron chi connectivity index (χ0n) is 17.1. The van der Waals surface area contributed by atoms with Gasteiger partial charge in [0.25, 0.3) is 0 Å². The standard InChI is InChI=1S/C20H35N3O4/c1-19(2,3)27-18(26)22-11-5-16(6-12-22)21-13-8-20(9-14-21)7-4-10-23(15-20)17(24)25/h16H,4-15H2,1-3H3,(H,24,25). The van der Waals surface area contributed by atoms with Crippen LogP contribution in [0.5, 0.6) is 0 Å². The molecule has 1 N–H and O–H groups in total. The number of nitrogens with zero attached hydrogens (tertiary/aromatic N) is 3. The number of hydrogen-bond donors (Lipinski definition) is 1. The van der Waals surface area contributed by atoms with Gasteiger partial charge in [0.2, 0.25) is 0 Å². The first-order valence-electron chi connectivity index (χ1n) is 10.4. The Bertz CT molecular complexity index is 544. The summed E-state index contributed by atoms with van der Waals surface area (Å²) >= 11 is 0. The van der Waals surface area contributed by atoms with Gasteiger partial charge in [-0.15, -0.1) is 0 Å². The summed E-state index contributed by atoms with van der Waals surface area (Å²) in [5, 5.41) is 9.32. The summed E-state index contributed by atoms with van der Waals surface area (Å²) in [5.74, 6) is 0. The quantitative estimate of drug-likeness (QED) is 0.755. The number of ether oxygens (including phenoxy) is 1. The fourth-order valence-corrected chi connectivity index (χ4v) is 4.88. The second-order valence-electron chi connectivity index (χ2n) is 9.54. The van der Waals surface area contributed by atoms with Gasteiger partial charge in [-0.3, -0.25) is 0 Å². The minimum Gasteiger partial charge on any atom is -0.465 e. The van der Waals surface area contributed by atoms with Crippen molar-refractivity contribution in [2.45, 2.75) is 70.9 Å². The molecule has 0 bridgehead atoms. The first-order chi connectivity index (χ1) is 12.7. The monoisotopic (exact) mass is 381 g/mol. The predicted octanol–water partition coefficient (Wildman–Crippen LogP) is 3.24. The van der Waals surface area contributed by atoms with Gasteiger partial charge in [0.15, 0.2) is 0 Å². The maximum absolute atomic E-state index is 12.2. The van der Waals surface area contributed by atoms with Crippen LogP contribution in [0.25, 0.3) is 0 Å². The van der Waals surface area contributed by atoms with Crippen molar-refractivity contribution in [3.8, 4) is 0 Å². The molecular weight excluding hydrogens is 346 g/mol. The van der Waals surface area contributed by atoms with E-state index in [-0.39, 0.29) is 11.5 Å². The van der Waals surface area contributed by atoms with Gasteiger partial charge in [0, 0.05) is 32.2 Å². The Morgan fingerprint density at radius 3 is 2.15 bits per heavy atom. The van der Waals surface area contributed by atoms with Crippen molar-refractivity contribution in [1.82, 2.24) is 14.7 Å². The third-order valence-electron chi connectivity index (χ3n) is 6.42. The van der Waals surface area contributed by atoms with Gasteiger partial charge in [-0.2, -0.15) is 0 Å². The van der Waals surface area contributed by atoms with Crippen molar-refractivity contribution in [2.75, 3.05) is 39.3 Å². The van der Waals surface area contributed by atoms with Gasteiger partial charge in [-0.25, -0.2) is 9.59 Å². The van der Waals surface area contributed by atoms with Crippen molar-refractivity contribution < 1.29 is 19.4 Å². The molecule has 3 aliphatic rings. The van der Waals surface area contributed by atoms with E-state index < -0.39 is 11.7 Å². The number of rotatable bonds is 1. The smallest absolute Gasteiger partial charge is 0.410 e. The largest absolute Gasteiger partial charge is 0.465 e. The SMILES string of the molecule is CC(C)(C)OC(=O)N1CCC(N2CCC3(CCCN(C(=O)O)C3)CC2)CC1. The van der Waals surface area contributed by atoms with Gasteiger partial charge in [0.1, 0.15) is 5.60 Å². The summed E-state index contributed by atoms with van der Waals surface area (Å²) in [6.45, 7) is 10.7. The highest BCUT2D eigenvalue weighted by Gasteiger charge is 2.41. The average Bonchev–Trinajstić information content (AvgIpc) is 2.61. The highest BCUT2D eigenvalue weighted by Crippen LogP contribution is 2.40. The number of hydrogen-bond acceptors (Lipinski definition) is 4. The van der Waals surface area contributed by atoms with E-state index in [0.717, 1.165) is 64.7 Å². The molecular formula is C20H35N3O4. The van der Waals surface area contributed by atoms with Crippen molar-refractivity contribution in [2.24, 2.45) is 5.41 Å². The molecule has 0 aliphatic carbocycles. The average molecular weight is 382 g/mol. The van der Waals surface area contributed by atoms with Gasteiger partial charge in [0.05, 0.1) is 0 Å². The number of carbonyl (C=O) groups excluding carboxylic acids is 1. The van der Waals surface area contributed by atoms with Gasteiger partial charge >= 0.3 is 12.2 Å². The van der Waals surface area contributed by atoms with Crippen molar-refractivity contribution in [3.63, 3.8) is 0 Å². The Labute approximate surface area is 162 Å². The van der Waals surface area contributed by atoms with Crippen LogP contribution in [0.2, 0.25) is 0 Å². The van der Waals surface area contributed by atoms with E-state index in [1.807, 2.05) is 25.7 Å². The Balaban J connectivity index is 1.46. The second kappa shape index (κ2) is 7.86. The zero-order valence-corrected chi connectivity index (χ0v) is 17.1. The van der Waals surface area contributed by atoms with Crippen LogP contribution in [0, 0.1) is 5.41 Å². The predicted molar refractivity (Wildman–Crippen MR) is 103 cm³/mol. The van der Waals surface area contributed by atoms with Crippen LogP contribution in [0.15, 0.2) is 0 Å². The molecule has 154 valence electrons. The Morgan fingerprint density at radius 2 is 1.59 bits per heavy atom. The second-order valence-corrected chi connectivity index (χ2v) is 9.54. The third-order valence-corrected chi connectivity index (χ3v) is 6.42. The summed E-state index contributed by atoms with van der Waals surface area (Å²) in [6, 6.07) is 0.528. The van der Waals surface area contributed by atoms with Crippen LogP contribution in [-0.4, -0.2) is 82.9 Å². The zero-order chi connectivity index (χ0) is 19.7. The number of carbonyl (C=O) groups is 2. The Kier molecular flexibility index (Phi) is 5.89. The fourth-order valence-electron chi connectivity index (χ4n) is 4.88. The minimum absolute atomic E-state index is 0.185. The molecule has 7 heteroatoms. The molecule has 2 amide bonds. The van der Waals surface area contributed by atoms with Crippen molar-refractivity contribution in [3.05, 3.63) is 0 Å². The number of piperidine rings is 3. The lowest BCUT2D eigenvalue weighted by Crippen LogP contribution is -2.54. The topological polar surface area (TPSA) is 73.3 Å². The molecule has 27 heavy (non-hydrogen) atoms. The lowest BCUT2D eigenvalue weighted by Gasteiger charge is -2.49. The summed E-state index contributed by atoms with van der Waals surface area (Å²) in [5.41, 5.74) is -0.261. The molecule has 0 atom stereocenters. The van der Waals surface area contributed by atoms with Gasteiger partial charge < -0.3 is 24.5 Å². The molecule has 0 unspecified atom stereocenters. The molecule has 1 spiro atoms. The molecule has 7 nitrogen and oxygen atoms in total. The van der Waals surface area contributed by atoms with Crippen LogP contribution in [0.3, 0.4) is 0 Å². The van der Waals surface area contributed by atoms with E-state index in [4.69, 9.17) is 4.74 Å². The minimum atomic E-state index is -0.772. The molecule has 3 rings (SSSR count). The summed E-state index contributed by atoms with van der Waals surface area (Å²) < 4.78 is 5.48. The van der Waals surface area contributed by atoms with E-state index in [0.29, 0.717) is 19.1 Å². The van der Waals surface area contributed by atoms with Crippen LogP contribution in [0.1, 0.15) is 59.3 Å². The lowest BCUT2D eigenvalue weighted by molar-refractivity contribution is -0.00612. The maximum Gasteiger partial charge on any atom is 0.410 e. The molecule has 3 aliphatic heterocycles. The van der Waals surface area contributed by atoms with Crippen molar-refractivity contribution in [1.29, 1.82) is 0 Å². The molecule has 0 aromatic rings. The van der Waals surface area contributed by atoms with Gasteiger partial charge in [-0.1, -0.05) is 0 Å². The van der Waals surface area contributed by atoms with E-state index in [1.54, 1.807) is 4.90 Å².